The normalized spacial score (nSPS) is 11.8. The minimum atomic E-state index is -4.56. The highest BCUT2D eigenvalue weighted by atomic mass is 19.4. The average molecular weight is 245 g/mol. The maximum atomic E-state index is 13.5. The molecular formula is C11H7F4NO. The Morgan fingerprint density at radius 3 is 2.41 bits per heavy atom. The summed E-state index contributed by atoms with van der Waals surface area (Å²) < 4.78 is 55.4. The van der Waals surface area contributed by atoms with Gasteiger partial charge in [0, 0.05) is 0 Å². The quantitative estimate of drug-likeness (QED) is 0.714. The van der Waals surface area contributed by atoms with Crippen LogP contribution in [0, 0.1) is 12.7 Å². The monoisotopic (exact) mass is 245 g/mol. The first-order valence-corrected chi connectivity index (χ1v) is 4.67. The van der Waals surface area contributed by atoms with Gasteiger partial charge in [-0.2, -0.15) is 13.2 Å². The third kappa shape index (κ3) is 2.15. The number of halogens is 4. The van der Waals surface area contributed by atoms with Gasteiger partial charge in [0.1, 0.15) is 5.82 Å². The lowest BCUT2D eigenvalue weighted by molar-refractivity contribution is -0.137. The molecular weight excluding hydrogens is 238 g/mol. The van der Waals surface area contributed by atoms with E-state index in [1.54, 1.807) is 6.92 Å². The molecule has 1 aromatic carbocycles. The fraction of sp³-hybridized carbons (Fsp3) is 0.182. The zero-order valence-corrected chi connectivity index (χ0v) is 8.68. The van der Waals surface area contributed by atoms with Crippen LogP contribution in [0.5, 0.6) is 0 Å². The van der Waals surface area contributed by atoms with Gasteiger partial charge in [-0.15, -0.1) is 0 Å². The van der Waals surface area contributed by atoms with Crippen LogP contribution in [-0.4, -0.2) is 4.98 Å². The predicted octanol–water partition coefficient (Wildman–Crippen LogP) is 3.81. The van der Waals surface area contributed by atoms with E-state index in [4.69, 9.17) is 4.42 Å². The van der Waals surface area contributed by atoms with Crippen molar-refractivity contribution in [2.75, 3.05) is 0 Å². The molecule has 0 radical (unpaired) electrons. The number of hydrogen-bond acceptors (Lipinski definition) is 2. The first kappa shape index (κ1) is 11.6. The van der Waals surface area contributed by atoms with Gasteiger partial charge in [-0.3, -0.25) is 0 Å². The summed E-state index contributed by atoms with van der Waals surface area (Å²) in [7, 11) is 0. The molecule has 0 amide bonds. The number of benzene rings is 1. The number of aromatic nitrogens is 1. The molecule has 2 nitrogen and oxygen atoms in total. The minimum absolute atomic E-state index is 0.0343. The Labute approximate surface area is 93.9 Å². The Morgan fingerprint density at radius 1 is 1.24 bits per heavy atom. The highest BCUT2D eigenvalue weighted by Crippen LogP contribution is 2.33. The fourth-order valence-electron chi connectivity index (χ4n) is 1.44. The van der Waals surface area contributed by atoms with E-state index in [2.05, 4.69) is 4.98 Å². The number of alkyl halides is 3. The lowest BCUT2D eigenvalue weighted by Crippen LogP contribution is -2.05. The smallest absolute Gasteiger partial charge is 0.416 e. The van der Waals surface area contributed by atoms with Crippen molar-refractivity contribution in [2.24, 2.45) is 0 Å². The van der Waals surface area contributed by atoms with Gasteiger partial charge in [-0.1, -0.05) is 0 Å². The molecule has 17 heavy (non-hydrogen) atoms. The molecule has 0 unspecified atom stereocenters. The summed E-state index contributed by atoms with van der Waals surface area (Å²) in [5, 5.41) is 0. The molecule has 0 N–H and O–H groups in total. The van der Waals surface area contributed by atoms with Crippen LogP contribution in [0.4, 0.5) is 17.6 Å². The van der Waals surface area contributed by atoms with Gasteiger partial charge in [-0.05, 0) is 25.1 Å². The fourth-order valence-corrected chi connectivity index (χ4v) is 1.44. The van der Waals surface area contributed by atoms with Gasteiger partial charge in [-0.25, -0.2) is 9.37 Å². The van der Waals surface area contributed by atoms with Crippen molar-refractivity contribution in [3.8, 4) is 11.3 Å². The summed E-state index contributed by atoms with van der Waals surface area (Å²) in [6.07, 6.45) is -3.45. The second-order valence-corrected chi connectivity index (χ2v) is 3.46. The first-order valence-electron chi connectivity index (χ1n) is 4.67. The zero-order valence-electron chi connectivity index (χ0n) is 8.68. The van der Waals surface area contributed by atoms with E-state index in [0.29, 0.717) is 11.8 Å². The summed E-state index contributed by atoms with van der Waals surface area (Å²) in [5.74, 6) is -0.851. The molecule has 1 aromatic heterocycles. The summed E-state index contributed by atoms with van der Waals surface area (Å²) in [6.45, 7) is 1.58. The van der Waals surface area contributed by atoms with Gasteiger partial charge in [0.15, 0.2) is 12.2 Å². The van der Waals surface area contributed by atoms with Gasteiger partial charge in [0.2, 0.25) is 0 Å². The van der Waals surface area contributed by atoms with Crippen LogP contribution in [0.2, 0.25) is 0 Å². The third-order valence-corrected chi connectivity index (χ3v) is 2.29. The Bertz CT molecular complexity index is 545. The van der Waals surface area contributed by atoms with Gasteiger partial charge < -0.3 is 4.42 Å². The van der Waals surface area contributed by atoms with Crippen LogP contribution >= 0.6 is 0 Å². The molecule has 0 saturated carbocycles. The number of oxazole rings is 1. The molecule has 2 rings (SSSR count). The summed E-state index contributed by atoms with van der Waals surface area (Å²) in [4.78, 5) is 3.75. The minimum Gasteiger partial charge on any atom is -0.443 e. The van der Waals surface area contributed by atoms with Crippen molar-refractivity contribution in [1.29, 1.82) is 0 Å². The van der Waals surface area contributed by atoms with Gasteiger partial charge in [0.05, 0.1) is 16.8 Å². The van der Waals surface area contributed by atoms with Crippen LogP contribution in [0.25, 0.3) is 11.3 Å². The number of aryl methyl sites for hydroxylation is 1. The Kier molecular flexibility index (Phi) is 2.65. The van der Waals surface area contributed by atoms with E-state index in [-0.39, 0.29) is 11.3 Å². The molecule has 0 aliphatic carbocycles. The van der Waals surface area contributed by atoms with E-state index >= 15 is 0 Å². The number of nitrogens with zero attached hydrogens (tertiary/aromatic N) is 1. The van der Waals surface area contributed by atoms with Crippen LogP contribution < -0.4 is 0 Å². The Hall–Kier alpha value is -1.85. The molecule has 0 fully saturated rings. The lowest BCUT2D eigenvalue weighted by Gasteiger charge is -2.08. The van der Waals surface area contributed by atoms with Crippen molar-refractivity contribution in [3.05, 3.63) is 41.7 Å². The molecule has 90 valence electrons. The molecule has 0 saturated heterocycles. The standard InChI is InChI=1S/C11H7F4NO/c1-6-10(17-5-16-6)8-3-2-7(4-9(8)12)11(13,14)15/h2-5H,1H3. The largest absolute Gasteiger partial charge is 0.443 e. The highest BCUT2D eigenvalue weighted by molar-refractivity contribution is 5.60. The second-order valence-electron chi connectivity index (χ2n) is 3.46. The SMILES string of the molecule is Cc1ncoc1-c1ccc(C(F)(F)F)cc1F. The predicted molar refractivity (Wildman–Crippen MR) is 51.6 cm³/mol. The molecule has 6 heteroatoms. The van der Waals surface area contributed by atoms with Crippen molar-refractivity contribution in [1.82, 2.24) is 4.98 Å². The van der Waals surface area contributed by atoms with Gasteiger partial charge in [0.25, 0.3) is 0 Å². The molecule has 1 heterocycles. The van der Waals surface area contributed by atoms with E-state index < -0.39 is 17.6 Å². The van der Waals surface area contributed by atoms with Crippen LogP contribution in [0.3, 0.4) is 0 Å². The number of hydrogen-bond donors (Lipinski definition) is 0. The molecule has 0 spiro atoms. The molecule has 2 aromatic rings. The van der Waals surface area contributed by atoms with Gasteiger partial charge >= 0.3 is 6.18 Å². The van der Waals surface area contributed by atoms with Crippen LogP contribution in [0.15, 0.2) is 29.0 Å². The zero-order chi connectivity index (χ0) is 12.6. The van der Waals surface area contributed by atoms with Crippen LogP contribution in [0.1, 0.15) is 11.3 Å². The van der Waals surface area contributed by atoms with Crippen molar-refractivity contribution in [2.45, 2.75) is 13.1 Å². The molecule has 0 bridgehead atoms. The van der Waals surface area contributed by atoms with E-state index in [1.807, 2.05) is 0 Å². The maximum Gasteiger partial charge on any atom is 0.416 e. The van der Waals surface area contributed by atoms with Crippen LogP contribution in [-0.2, 0) is 6.18 Å². The highest BCUT2D eigenvalue weighted by Gasteiger charge is 2.31. The Balaban J connectivity index is 2.50. The van der Waals surface area contributed by atoms with Crippen molar-refractivity contribution >= 4 is 0 Å². The maximum absolute atomic E-state index is 13.5. The van der Waals surface area contributed by atoms with Crippen molar-refractivity contribution < 1.29 is 22.0 Å². The van der Waals surface area contributed by atoms with E-state index in [9.17, 15) is 17.6 Å². The average Bonchev–Trinajstić information content (AvgIpc) is 2.63. The molecule has 0 aliphatic heterocycles. The number of rotatable bonds is 1. The van der Waals surface area contributed by atoms with Crippen molar-refractivity contribution in [3.63, 3.8) is 0 Å². The van der Waals surface area contributed by atoms with E-state index in [1.165, 1.54) is 0 Å². The summed E-state index contributed by atoms with van der Waals surface area (Å²) in [5.41, 5.74) is -0.646. The topological polar surface area (TPSA) is 26.0 Å². The van der Waals surface area contributed by atoms with E-state index in [0.717, 1.165) is 18.5 Å². The Morgan fingerprint density at radius 2 is 1.94 bits per heavy atom. The summed E-state index contributed by atoms with van der Waals surface area (Å²) >= 11 is 0. The third-order valence-electron chi connectivity index (χ3n) is 2.29. The summed E-state index contributed by atoms with van der Waals surface area (Å²) in [6, 6.07) is 2.28. The first-order chi connectivity index (χ1) is 7.89. The second kappa shape index (κ2) is 3.87. The lowest BCUT2D eigenvalue weighted by atomic mass is 10.1. The molecule has 0 atom stereocenters. The molecule has 0 aliphatic rings.